The summed E-state index contributed by atoms with van der Waals surface area (Å²) in [5.74, 6) is -2.11. The van der Waals surface area contributed by atoms with Crippen LogP contribution >= 0.6 is 11.6 Å². The molecular weight excluding hydrogens is 563 g/mol. The number of hydrogen-bond donors (Lipinski definition) is 1. The number of anilines is 1. The summed E-state index contributed by atoms with van der Waals surface area (Å²) in [6.07, 6.45) is -5.05. The molecule has 208 valence electrons. The van der Waals surface area contributed by atoms with E-state index in [-0.39, 0.29) is 21.9 Å². The Morgan fingerprint density at radius 3 is 2.20 bits per heavy atom. The van der Waals surface area contributed by atoms with E-state index in [0.717, 1.165) is 6.07 Å². The first-order chi connectivity index (χ1) is 19.7. The third-order valence-electron chi connectivity index (χ3n) is 5.62. The third-order valence-corrected chi connectivity index (χ3v) is 5.93. The second-order valence-corrected chi connectivity index (χ2v) is 8.96. The minimum Gasteiger partial charge on any atom is -0.484 e. The average molecular weight is 582 g/mol. The first-order valence-electron chi connectivity index (χ1n) is 12.0. The molecule has 1 N–H and O–H groups in total. The van der Waals surface area contributed by atoms with Crippen molar-refractivity contribution in [2.45, 2.75) is 6.18 Å². The fourth-order valence-corrected chi connectivity index (χ4v) is 3.91. The van der Waals surface area contributed by atoms with Gasteiger partial charge in [0.25, 0.3) is 11.7 Å². The highest BCUT2D eigenvalue weighted by Gasteiger charge is 2.40. The van der Waals surface area contributed by atoms with E-state index < -0.39 is 41.2 Å². The van der Waals surface area contributed by atoms with Crippen molar-refractivity contribution in [2.24, 2.45) is 0 Å². The van der Waals surface area contributed by atoms with Gasteiger partial charge in [-0.1, -0.05) is 41.9 Å². The molecule has 5 aromatic rings. The van der Waals surface area contributed by atoms with Crippen LogP contribution in [0.3, 0.4) is 0 Å². The molecule has 11 heteroatoms. The van der Waals surface area contributed by atoms with Gasteiger partial charge < -0.3 is 23.9 Å². The summed E-state index contributed by atoms with van der Waals surface area (Å²) in [6.45, 7) is -0.460. The lowest BCUT2D eigenvalue weighted by molar-refractivity contribution is -0.154. The number of carbonyl (C=O) groups excluding carboxylic acids is 1. The maximum absolute atomic E-state index is 13.8. The number of nitrogens with one attached hydrogen (secondary N) is 1. The molecule has 0 atom stereocenters. The van der Waals surface area contributed by atoms with Crippen molar-refractivity contribution in [1.82, 2.24) is 0 Å². The maximum atomic E-state index is 13.8. The van der Waals surface area contributed by atoms with Crippen LogP contribution in [0, 0.1) is 0 Å². The minimum absolute atomic E-state index is 0.00954. The molecule has 0 aliphatic heterocycles. The highest BCUT2D eigenvalue weighted by Crippen LogP contribution is 2.39. The van der Waals surface area contributed by atoms with Crippen LogP contribution in [0.15, 0.2) is 106 Å². The number of halogens is 4. The van der Waals surface area contributed by atoms with Crippen LogP contribution in [0.1, 0.15) is 5.76 Å². The lowest BCUT2D eigenvalue weighted by atomic mass is 10.2. The van der Waals surface area contributed by atoms with Gasteiger partial charge in [-0.05, 0) is 60.7 Å². The number of rotatable bonds is 8. The first kappa shape index (κ1) is 27.6. The fraction of sp³-hybridized carbons (Fsp3) is 0.0667. The van der Waals surface area contributed by atoms with Crippen LogP contribution in [0.5, 0.6) is 28.7 Å². The van der Waals surface area contributed by atoms with Gasteiger partial charge in [0.05, 0.1) is 10.4 Å². The summed E-state index contributed by atoms with van der Waals surface area (Å²) in [7, 11) is 0. The van der Waals surface area contributed by atoms with Crippen molar-refractivity contribution < 1.29 is 36.6 Å². The average Bonchev–Trinajstić information content (AvgIpc) is 2.95. The Labute approximate surface area is 235 Å². The zero-order valence-corrected chi connectivity index (χ0v) is 21.7. The van der Waals surface area contributed by atoms with Gasteiger partial charge in [0.1, 0.15) is 28.6 Å². The van der Waals surface area contributed by atoms with Gasteiger partial charge in [-0.3, -0.25) is 9.59 Å². The molecular formula is C30H19ClF3NO6. The van der Waals surface area contributed by atoms with E-state index in [1.54, 1.807) is 30.3 Å². The van der Waals surface area contributed by atoms with E-state index >= 15 is 0 Å². The smallest absolute Gasteiger partial charge is 0.453 e. The zero-order valence-electron chi connectivity index (χ0n) is 20.9. The number of amides is 1. The normalized spacial score (nSPS) is 11.2. The highest BCUT2D eigenvalue weighted by molar-refractivity contribution is 6.32. The van der Waals surface area contributed by atoms with Gasteiger partial charge in [0, 0.05) is 11.8 Å². The van der Waals surface area contributed by atoms with E-state index in [9.17, 15) is 22.8 Å². The summed E-state index contributed by atoms with van der Waals surface area (Å²) in [6, 6.07) is 25.2. The van der Waals surface area contributed by atoms with Gasteiger partial charge in [-0.15, -0.1) is 0 Å². The lowest BCUT2D eigenvalue weighted by Crippen LogP contribution is -2.20. The molecule has 1 amide bonds. The molecule has 0 unspecified atom stereocenters. The second-order valence-electron chi connectivity index (χ2n) is 8.55. The third kappa shape index (κ3) is 6.62. The van der Waals surface area contributed by atoms with E-state index in [1.165, 1.54) is 30.3 Å². The van der Waals surface area contributed by atoms with Gasteiger partial charge in [0.2, 0.25) is 11.2 Å². The van der Waals surface area contributed by atoms with Crippen LogP contribution in [0.2, 0.25) is 5.02 Å². The molecule has 0 spiro atoms. The number of para-hydroxylation sites is 2. The van der Waals surface area contributed by atoms with Crippen molar-refractivity contribution in [1.29, 1.82) is 0 Å². The van der Waals surface area contributed by atoms with Gasteiger partial charge >= 0.3 is 6.18 Å². The summed E-state index contributed by atoms with van der Waals surface area (Å²) in [5.41, 5.74) is -0.979. The standard InChI is InChI=1S/C30H19ClF3NO6/c31-23-8-4-5-9-24(23)40-28-27(37)22-15-14-21(16-25(22)41-29(28)30(32,33)34)38-17-26(36)35-18-10-12-20(13-11-18)39-19-6-2-1-3-7-19/h1-16H,17H2,(H,35,36). The van der Waals surface area contributed by atoms with Crippen LogP contribution in [0.4, 0.5) is 18.9 Å². The zero-order chi connectivity index (χ0) is 29.0. The van der Waals surface area contributed by atoms with E-state index in [2.05, 4.69) is 5.32 Å². The number of ether oxygens (including phenoxy) is 3. The van der Waals surface area contributed by atoms with Crippen molar-refractivity contribution in [3.63, 3.8) is 0 Å². The summed E-state index contributed by atoms with van der Waals surface area (Å²) in [5, 5.41) is 2.47. The van der Waals surface area contributed by atoms with Crippen molar-refractivity contribution in [3.05, 3.63) is 118 Å². The Morgan fingerprint density at radius 2 is 1.49 bits per heavy atom. The molecule has 0 fully saturated rings. The van der Waals surface area contributed by atoms with Gasteiger partial charge in [-0.2, -0.15) is 13.2 Å². The Kier molecular flexibility index (Phi) is 7.84. The Balaban J connectivity index is 1.29. The van der Waals surface area contributed by atoms with Crippen LogP contribution in [0.25, 0.3) is 11.0 Å². The number of fused-ring (bicyclic) bond motifs is 1. The molecule has 5 rings (SSSR count). The summed E-state index contributed by atoms with van der Waals surface area (Å²) < 4.78 is 62.9. The molecule has 0 aliphatic carbocycles. The van der Waals surface area contributed by atoms with E-state index in [0.29, 0.717) is 17.2 Å². The topological polar surface area (TPSA) is 87.0 Å². The minimum atomic E-state index is -5.05. The lowest BCUT2D eigenvalue weighted by Gasteiger charge is -2.14. The predicted molar refractivity (Wildman–Crippen MR) is 146 cm³/mol. The molecule has 0 radical (unpaired) electrons. The van der Waals surface area contributed by atoms with Crippen LogP contribution < -0.4 is 25.0 Å². The number of hydrogen-bond acceptors (Lipinski definition) is 6. The molecule has 1 heterocycles. The van der Waals surface area contributed by atoms with Gasteiger partial charge in [0.15, 0.2) is 6.61 Å². The number of carbonyl (C=O) groups is 1. The maximum Gasteiger partial charge on any atom is 0.453 e. The molecule has 0 saturated heterocycles. The van der Waals surface area contributed by atoms with Crippen LogP contribution in [-0.2, 0) is 11.0 Å². The number of alkyl halides is 3. The molecule has 0 aliphatic rings. The van der Waals surface area contributed by atoms with Crippen molar-refractivity contribution in [3.8, 4) is 28.7 Å². The molecule has 0 bridgehead atoms. The van der Waals surface area contributed by atoms with Crippen molar-refractivity contribution in [2.75, 3.05) is 11.9 Å². The molecule has 0 saturated carbocycles. The second kappa shape index (κ2) is 11.6. The van der Waals surface area contributed by atoms with Crippen molar-refractivity contribution >= 4 is 34.2 Å². The molecule has 7 nitrogen and oxygen atoms in total. The van der Waals surface area contributed by atoms with Crippen LogP contribution in [-0.4, -0.2) is 12.5 Å². The number of benzene rings is 4. The predicted octanol–water partition coefficient (Wildman–Crippen LogP) is 8.07. The summed E-state index contributed by atoms with van der Waals surface area (Å²) >= 11 is 5.99. The Hall–Kier alpha value is -4.96. The SMILES string of the molecule is O=C(COc1ccc2c(=O)c(Oc3ccccc3Cl)c(C(F)(F)F)oc2c1)Nc1ccc(Oc2ccccc2)cc1. The largest absolute Gasteiger partial charge is 0.484 e. The molecule has 4 aromatic carbocycles. The molecule has 41 heavy (non-hydrogen) atoms. The fourth-order valence-electron chi connectivity index (χ4n) is 3.74. The van der Waals surface area contributed by atoms with Gasteiger partial charge in [-0.25, -0.2) is 0 Å². The monoisotopic (exact) mass is 581 g/mol. The van der Waals surface area contributed by atoms with E-state index in [1.807, 2.05) is 30.3 Å². The Bertz CT molecular complexity index is 1760. The molecule has 1 aromatic heterocycles. The van der Waals surface area contributed by atoms with E-state index in [4.69, 9.17) is 30.2 Å². The Morgan fingerprint density at radius 1 is 0.829 bits per heavy atom. The summed E-state index contributed by atoms with van der Waals surface area (Å²) in [4.78, 5) is 25.4. The highest BCUT2D eigenvalue weighted by atomic mass is 35.5. The first-order valence-corrected chi connectivity index (χ1v) is 12.4. The quantitative estimate of drug-likeness (QED) is 0.199.